The van der Waals surface area contributed by atoms with E-state index in [1.54, 1.807) is 30.6 Å². The van der Waals surface area contributed by atoms with Crippen molar-refractivity contribution in [3.05, 3.63) is 74.6 Å². The van der Waals surface area contributed by atoms with Gasteiger partial charge in [0.1, 0.15) is 0 Å². The second kappa shape index (κ2) is 6.83. The fourth-order valence-electron chi connectivity index (χ4n) is 3.83. The van der Waals surface area contributed by atoms with Crippen LogP contribution in [0.25, 0.3) is 11.0 Å². The average Bonchev–Trinajstić information content (AvgIpc) is 3.18. The summed E-state index contributed by atoms with van der Waals surface area (Å²) in [5.41, 5.74) is 1.43. The van der Waals surface area contributed by atoms with E-state index in [2.05, 4.69) is 9.97 Å². The van der Waals surface area contributed by atoms with Gasteiger partial charge >= 0.3 is 11.1 Å². The van der Waals surface area contributed by atoms with Crippen LogP contribution in [0.15, 0.2) is 52.3 Å². The first-order valence-corrected chi connectivity index (χ1v) is 9.08. The highest BCUT2D eigenvalue weighted by Gasteiger charge is 2.30. The second-order valence-corrected chi connectivity index (χ2v) is 6.67. The molecule has 1 fully saturated rings. The van der Waals surface area contributed by atoms with Crippen molar-refractivity contribution in [2.24, 2.45) is 0 Å². The van der Waals surface area contributed by atoms with Crippen LogP contribution in [0.5, 0.6) is 0 Å². The molecule has 1 unspecified atom stereocenters. The van der Waals surface area contributed by atoms with E-state index in [0.717, 1.165) is 18.4 Å². The summed E-state index contributed by atoms with van der Waals surface area (Å²) < 4.78 is 1.41. The Morgan fingerprint density at radius 3 is 2.74 bits per heavy atom. The summed E-state index contributed by atoms with van der Waals surface area (Å²) in [6.45, 7) is 2.89. The monoisotopic (exact) mass is 364 g/mol. The zero-order valence-corrected chi connectivity index (χ0v) is 15.0. The lowest BCUT2D eigenvalue weighted by Crippen LogP contribution is -2.36. The molecule has 0 saturated carbocycles. The molecule has 1 N–H and O–H groups in total. The number of likely N-dealkylation sites (tertiary alicyclic amines) is 1. The molecular weight excluding hydrogens is 344 g/mol. The number of carbonyl (C=O) groups is 1. The summed E-state index contributed by atoms with van der Waals surface area (Å²) in [4.78, 5) is 45.5. The minimum absolute atomic E-state index is 0.0276. The highest BCUT2D eigenvalue weighted by atomic mass is 16.2. The van der Waals surface area contributed by atoms with Gasteiger partial charge in [-0.1, -0.05) is 0 Å². The lowest BCUT2D eigenvalue weighted by atomic mass is 10.1. The van der Waals surface area contributed by atoms with Crippen LogP contribution >= 0.6 is 0 Å². The second-order valence-electron chi connectivity index (χ2n) is 6.67. The number of nitrogens with zero attached hydrogens (tertiary/aromatic N) is 3. The van der Waals surface area contributed by atoms with Gasteiger partial charge in [0.15, 0.2) is 0 Å². The van der Waals surface area contributed by atoms with Crippen LogP contribution in [0.2, 0.25) is 0 Å². The number of aromatic amines is 1. The topological polar surface area (TPSA) is 88.1 Å². The number of rotatable bonds is 3. The van der Waals surface area contributed by atoms with Gasteiger partial charge in [-0.3, -0.25) is 19.4 Å². The number of aryl methyl sites for hydroxylation is 1. The average molecular weight is 364 g/mol. The number of carbonyl (C=O) groups excluding carboxylic acids is 1. The van der Waals surface area contributed by atoms with Gasteiger partial charge in [-0.15, -0.1) is 0 Å². The molecule has 3 heterocycles. The first kappa shape index (κ1) is 17.2. The van der Waals surface area contributed by atoms with Crippen LogP contribution in [-0.2, 0) is 6.54 Å². The van der Waals surface area contributed by atoms with Gasteiger partial charge in [-0.05, 0) is 55.7 Å². The number of H-pyrrole nitrogens is 1. The molecule has 1 aromatic carbocycles. The van der Waals surface area contributed by atoms with Crippen molar-refractivity contribution in [3.8, 4) is 0 Å². The Kier molecular flexibility index (Phi) is 4.35. The fraction of sp³-hybridized carbons (Fsp3) is 0.300. The third-order valence-electron chi connectivity index (χ3n) is 5.14. The van der Waals surface area contributed by atoms with Crippen molar-refractivity contribution in [1.82, 2.24) is 19.4 Å². The lowest BCUT2D eigenvalue weighted by Gasteiger charge is -2.25. The molecule has 1 atom stereocenters. The number of hydrogen-bond acceptors (Lipinski definition) is 4. The predicted octanol–water partition coefficient (Wildman–Crippen LogP) is 2.08. The molecule has 1 amide bonds. The molecule has 3 aromatic rings. The van der Waals surface area contributed by atoms with E-state index >= 15 is 0 Å². The Bertz CT molecular complexity index is 1120. The Labute approximate surface area is 155 Å². The van der Waals surface area contributed by atoms with E-state index in [1.165, 1.54) is 4.57 Å². The van der Waals surface area contributed by atoms with Crippen molar-refractivity contribution in [3.63, 3.8) is 0 Å². The molecule has 0 radical (unpaired) electrons. The normalized spacial score (nSPS) is 16.8. The first-order valence-electron chi connectivity index (χ1n) is 9.08. The van der Waals surface area contributed by atoms with Gasteiger partial charge in [0, 0.05) is 31.0 Å². The molecular formula is C20H20N4O3. The zero-order valence-electron chi connectivity index (χ0n) is 15.0. The summed E-state index contributed by atoms with van der Waals surface area (Å²) in [6, 6.07) is 9.01. The van der Waals surface area contributed by atoms with Gasteiger partial charge in [-0.2, -0.15) is 0 Å². The molecule has 0 spiro atoms. The lowest BCUT2D eigenvalue weighted by molar-refractivity contribution is 0.0735. The summed E-state index contributed by atoms with van der Waals surface area (Å²) in [7, 11) is 0. The largest absolute Gasteiger partial charge is 0.332 e. The molecule has 7 nitrogen and oxygen atoms in total. The minimum atomic E-state index is -0.676. The Balaban J connectivity index is 1.74. The van der Waals surface area contributed by atoms with Crippen LogP contribution in [0.1, 0.15) is 41.7 Å². The number of fused-ring (bicyclic) bond motifs is 1. The summed E-state index contributed by atoms with van der Waals surface area (Å²) >= 11 is 0. The van der Waals surface area contributed by atoms with Gasteiger partial charge < -0.3 is 14.5 Å². The predicted molar refractivity (Wildman–Crippen MR) is 102 cm³/mol. The molecule has 1 saturated heterocycles. The third-order valence-corrected chi connectivity index (χ3v) is 5.14. The number of nitrogens with one attached hydrogen (secondary N) is 1. The highest BCUT2D eigenvalue weighted by molar-refractivity contribution is 5.97. The van der Waals surface area contributed by atoms with E-state index in [-0.39, 0.29) is 11.9 Å². The van der Waals surface area contributed by atoms with Gasteiger partial charge in [0.25, 0.3) is 5.91 Å². The van der Waals surface area contributed by atoms with Gasteiger partial charge in [-0.25, -0.2) is 0 Å². The molecule has 1 aliphatic heterocycles. The minimum Gasteiger partial charge on any atom is -0.332 e. The first-order chi connectivity index (χ1) is 13.1. The molecule has 1 aliphatic rings. The van der Waals surface area contributed by atoms with Crippen molar-refractivity contribution < 1.29 is 4.79 Å². The van der Waals surface area contributed by atoms with E-state index < -0.39 is 11.1 Å². The molecule has 0 aliphatic carbocycles. The Hall–Kier alpha value is -3.22. The number of amides is 1. The standard InChI is InChI=1S/C20H20N4O3/c1-2-23-17-6-5-14(12-15(17)22-18(25)20(23)27)19(26)24-11-3-4-16(24)13-7-9-21-10-8-13/h5-10,12,16H,2-4,11H2,1H3,(H,22,25). The van der Waals surface area contributed by atoms with Crippen LogP contribution in [0, 0.1) is 0 Å². The van der Waals surface area contributed by atoms with Gasteiger partial charge in [0.05, 0.1) is 17.1 Å². The van der Waals surface area contributed by atoms with E-state index in [1.807, 2.05) is 24.0 Å². The summed E-state index contributed by atoms with van der Waals surface area (Å²) in [5.74, 6) is -0.0775. The number of pyridine rings is 1. The third kappa shape index (κ3) is 2.95. The molecule has 138 valence electrons. The Morgan fingerprint density at radius 1 is 1.22 bits per heavy atom. The maximum absolute atomic E-state index is 13.1. The van der Waals surface area contributed by atoms with Crippen LogP contribution in [0.4, 0.5) is 0 Å². The van der Waals surface area contributed by atoms with Crippen LogP contribution in [0.3, 0.4) is 0 Å². The van der Waals surface area contributed by atoms with Crippen molar-refractivity contribution in [2.45, 2.75) is 32.4 Å². The number of benzene rings is 1. The molecule has 2 aromatic heterocycles. The number of hydrogen-bond donors (Lipinski definition) is 1. The Morgan fingerprint density at radius 2 is 2.00 bits per heavy atom. The van der Waals surface area contributed by atoms with E-state index in [4.69, 9.17) is 0 Å². The van der Waals surface area contributed by atoms with Crippen molar-refractivity contribution in [2.75, 3.05) is 6.54 Å². The smallest absolute Gasteiger partial charge is 0.316 e. The fourth-order valence-corrected chi connectivity index (χ4v) is 3.83. The maximum Gasteiger partial charge on any atom is 0.316 e. The van der Waals surface area contributed by atoms with Crippen LogP contribution < -0.4 is 11.1 Å². The maximum atomic E-state index is 13.1. The molecule has 4 rings (SSSR count). The molecule has 0 bridgehead atoms. The zero-order chi connectivity index (χ0) is 19.0. The molecule has 7 heteroatoms. The van der Waals surface area contributed by atoms with E-state index in [9.17, 15) is 14.4 Å². The summed E-state index contributed by atoms with van der Waals surface area (Å²) in [5, 5.41) is 0. The highest BCUT2D eigenvalue weighted by Crippen LogP contribution is 2.33. The van der Waals surface area contributed by atoms with E-state index in [0.29, 0.717) is 29.7 Å². The number of aromatic nitrogens is 3. The summed E-state index contributed by atoms with van der Waals surface area (Å²) in [6.07, 6.45) is 5.33. The van der Waals surface area contributed by atoms with Crippen molar-refractivity contribution >= 4 is 16.9 Å². The SMILES string of the molecule is CCn1c(=O)c(=O)[nH]c2cc(C(=O)N3CCCC3c3ccncc3)ccc21. The van der Waals surface area contributed by atoms with Crippen LogP contribution in [-0.4, -0.2) is 31.9 Å². The van der Waals surface area contributed by atoms with Gasteiger partial charge in [0.2, 0.25) is 0 Å². The quantitative estimate of drug-likeness (QED) is 0.721. The van der Waals surface area contributed by atoms with Crippen molar-refractivity contribution in [1.29, 1.82) is 0 Å². The molecule has 27 heavy (non-hydrogen) atoms.